The standard InChI is InChI=1S/C5H6ClN3.C2H6/c6-5-4(8)1-3(7)2-9-5;1-2/h1-2H,7-8H2;1-2H3. The number of hydrogen-bond acceptors (Lipinski definition) is 3. The maximum atomic E-state index is 5.49. The Balaban J connectivity index is 0.000000461. The highest BCUT2D eigenvalue weighted by Crippen LogP contribution is 2.16. The summed E-state index contributed by atoms with van der Waals surface area (Å²) in [7, 11) is 0. The average Bonchev–Trinajstić information content (AvgIpc) is 2.02. The minimum atomic E-state index is 0.296. The van der Waals surface area contributed by atoms with Crippen LogP contribution in [0.25, 0.3) is 0 Å². The molecule has 3 nitrogen and oxygen atoms in total. The van der Waals surface area contributed by atoms with Crippen molar-refractivity contribution in [3.8, 4) is 0 Å². The molecule has 1 aromatic rings. The van der Waals surface area contributed by atoms with Crippen molar-refractivity contribution < 1.29 is 0 Å². The third-order valence-corrected chi connectivity index (χ3v) is 1.20. The number of nitrogens with zero attached hydrogens (tertiary/aromatic N) is 1. The van der Waals surface area contributed by atoms with Gasteiger partial charge in [0.1, 0.15) is 0 Å². The van der Waals surface area contributed by atoms with Crippen LogP contribution >= 0.6 is 11.6 Å². The summed E-state index contributed by atoms with van der Waals surface area (Å²) in [6, 6.07) is 1.56. The van der Waals surface area contributed by atoms with Crippen LogP contribution in [-0.2, 0) is 0 Å². The van der Waals surface area contributed by atoms with Crippen molar-refractivity contribution in [2.45, 2.75) is 13.8 Å². The number of nitrogen functional groups attached to an aromatic ring is 2. The Kier molecular flexibility index (Phi) is 4.38. The lowest BCUT2D eigenvalue weighted by atomic mass is 10.4. The van der Waals surface area contributed by atoms with Gasteiger partial charge < -0.3 is 11.5 Å². The summed E-state index contributed by atoms with van der Waals surface area (Å²) in [4.78, 5) is 3.69. The summed E-state index contributed by atoms with van der Waals surface area (Å²) in [5.74, 6) is 0. The molecule has 0 fully saturated rings. The van der Waals surface area contributed by atoms with E-state index in [2.05, 4.69) is 4.98 Å². The fraction of sp³-hybridized carbons (Fsp3) is 0.286. The minimum absolute atomic E-state index is 0.296. The zero-order chi connectivity index (χ0) is 8.85. The van der Waals surface area contributed by atoms with E-state index in [4.69, 9.17) is 23.1 Å². The number of pyridine rings is 1. The zero-order valence-electron chi connectivity index (χ0n) is 6.63. The number of halogens is 1. The van der Waals surface area contributed by atoms with Gasteiger partial charge in [-0.15, -0.1) is 0 Å². The predicted octanol–water partition coefficient (Wildman–Crippen LogP) is 1.93. The van der Waals surface area contributed by atoms with Crippen molar-refractivity contribution in [2.75, 3.05) is 11.5 Å². The lowest BCUT2D eigenvalue weighted by molar-refractivity contribution is 1.34. The molecular weight excluding hydrogens is 162 g/mol. The first-order valence-corrected chi connectivity index (χ1v) is 3.74. The molecule has 1 aromatic heterocycles. The van der Waals surface area contributed by atoms with Crippen LogP contribution < -0.4 is 11.5 Å². The van der Waals surface area contributed by atoms with E-state index in [1.54, 1.807) is 6.07 Å². The largest absolute Gasteiger partial charge is 0.397 e. The van der Waals surface area contributed by atoms with Gasteiger partial charge >= 0.3 is 0 Å². The van der Waals surface area contributed by atoms with E-state index in [1.807, 2.05) is 13.8 Å². The van der Waals surface area contributed by atoms with Crippen LogP contribution in [0.15, 0.2) is 12.3 Å². The van der Waals surface area contributed by atoms with Gasteiger partial charge in [0, 0.05) is 0 Å². The molecule has 0 aliphatic heterocycles. The Morgan fingerprint density at radius 1 is 1.36 bits per heavy atom. The topological polar surface area (TPSA) is 64.9 Å². The monoisotopic (exact) mass is 173 g/mol. The first-order valence-electron chi connectivity index (χ1n) is 3.36. The van der Waals surface area contributed by atoms with Crippen molar-refractivity contribution in [3.05, 3.63) is 17.4 Å². The number of nitrogens with two attached hydrogens (primary N) is 2. The molecule has 0 saturated heterocycles. The Bertz CT molecular complexity index is 225. The van der Waals surface area contributed by atoms with Crippen LogP contribution in [-0.4, -0.2) is 4.98 Å². The van der Waals surface area contributed by atoms with Crippen LogP contribution in [0.5, 0.6) is 0 Å². The van der Waals surface area contributed by atoms with E-state index in [-0.39, 0.29) is 0 Å². The van der Waals surface area contributed by atoms with Gasteiger partial charge in [-0.2, -0.15) is 0 Å². The third kappa shape index (κ3) is 3.09. The maximum Gasteiger partial charge on any atom is 0.152 e. The van der Waals surface area contributed by atoms with Crippen molar-refractivity contribution in [1.29, 1.82) is 0 Å². The van der Waals surface area contributed by atoms with Gasteiger partial charge in [0.05, 0.1) is 17.6 Å². The van der Waals surface area contributed by atoms with Gasteiger partial charge in [-0.1, -0.05) is 25.4 Å². The molecule has 0 unspecified atom stereocenters. The number of rotatable bonds is 0. The van der Waals surface area contributed by atoms with E-state index in [0.29, 0.717) is 16.5 Å². The van der Waals surface area contributed by atoms with Gasteiger partial charge in [-0.25, -0.2) is 4.98 Å². The van der Waals surface area contributed by atoms with Crippen LogP contribution in [0.4, 0.5) is 11.4 Å². The molecule has 0 aromatic carbocycles. The smallest absolute Gasteiger partial charge is 0.152 e. The van der Waals surface area contributed by atoms with Gasteiger partial charge in [0.25, 0.3) is 0 Å². The van der Waals surface area contributed by atoms with Crippen molar-refractivity contribution in [3.63, 3.8) is 0 Å². The highest BCUT2D eigenvalue weighted by Gasteiger charge is 1.94. The molecular formula is C7H12ClN3. The second kappa shape index (κ2) is 4.79. The fourth-order valence-electron chi connectivity index (χ4n) is 0.482. The van der Waals surface area contributed by atoms with Crippen molar-refractivity contribution in [1.82, 2.24) is 4.98 Å². The molecule has 0 saturated carbocycles. The second-order valence-corrected chi connectivity index (χ2v) is 2.01. The Labute approximate surface area is 71.4 Å². The van der Waals surface area contributed by atoms with Crippen molar-refractivity contribution in [2.24, 2.45) is 0 Å². The van der Waals surface area contributed by atoms with E-state index in [9.17, 15) is 0 Å². The molecule has 0 aliphatic carbocycles. The van der Waals surface area contributed by atoms with Crippen LogP contribution in [0.1, 0.15) is 13.8 Å². The minimum Gasteiger partial charge on any atom is -0.397 e. The average molecular weight is 174 g/mol. The van der Waals surface area contributed by atoms with Gasteiger partial charge in [0.15, 0.2) is 5.15 Å². The van der Waals surface area contributed by atoms with E-state index in [0.717, 1.165) is 0 Å². The molecule has 11 heavy (non-hydrogen) atoms. The van der Waals surface area contributed by atoms with Gasteiger partial charge in [0.2, 0.25) is 0 Å². The molecule has 4 N–H and O–H groups in total. The quantitative estimate of drug-likeness (QED) is 0.590. The molecule has 1 rings (SSSR count). The Hall–Kier alpha value is -0.960. The summed E-state index contributed by atoms with van der Waals surface area (Å²) >= 11 is 5.49. The zero-order valence-corrected chi connectivity index (χ0v) is 7.39. The first-order chi connectivity index (χ1) is 5.20. The number of hydrogen-bond donors (Lipinski definition) is 2. The lowest BCUT2D eigenvalue weighted by Gasteiger charge is -1.95. The van der Waals surface area contributed by atoms with Crippen LogP contribution in [0.3, 0.4) is 0 Å². The molecule has 0 amide bonds. The van der Waals surface area contributed by atoms with E-state index in [1.165, 1.54) is 6.20 Å². The van der Waals surface area contributed by atoms with Crippen LogP contribution in [0.2, 0.25) is 5.15 Å². The number of anilines is 2. The van der Waals surface area contributed by atoms with Crippen LogP contribution in [0, 0.1) is 0 Å². The molecule has 1 heterocycles. The normalized spacial score (nSPS) is 8.27. The summed E-state index contributed by atoms with van der Waals surface area (Å²) in [5.41, 5.74) is 11.6. The van der Waals surface area contributed by atoms with Gasteiger partial charge in [-0.3, -0.25) is 0 Å². The fourth-order valence-corrected chi connectivity index (χ4v) is 0.585. The highest BCUT2D eigenvalue weighted by molar-refractivity contribution is 6.31. The Morgan fingerprint density at radius 3 is 2.27 bits per heavy atom. The summed E-state index contributed by atoms with van der Waals surface area (Å²) in [5, 5.41) is 0.296. The Morgan fingerprint density at radius 2 is 1.91 bits per heavy atom. The molecule has 0 spiro atoms. The van der Waals surface area contributed by atoms with E-state index < -0.39 is 0 Å². The molecule has 0 radical (unpaired) electrons. The van der Waals surface area contributed by atoms with E-state index >= 15 is 0 Å². The lowest BCUT2D eigenvalue weighted by Crippen LogP contribution is -1.92. The maximum absolute atomic E-state index is 5.49. The SMILES string of the molecule is CC.Nc1cnc(Cl)c(N)c1. The summed E-state index contributed by atoms with van der Waals surface area (Å²) in [6.45, 7) is 4.00. The first kappa shape index (κ1) is 10.0. The number of aromatic nitrogens is 1. The third-order valence-electron chi connectivity index (χ3n) is 0.887. The molecule has 62 valence electrons. The summed E-state index contributed by atoms with van der Waals surface area (Å²) < 4.78 is 0. The van der Waals surface area contributed by atoms with Crippen molar-refractivity contribution >= 4 is 23.0 Å². The highest BCUT2D eigenvalue weighted by atomic mass is 35.5. The molecule has 0 atom stereocenters. The second-order valence-electron chi connectivity index (χ2n) is 1.65. The molecule has 4 heteroatoms. The summed E-state index contributed by atoms with van der Waals surface area (Å²) in [6.07, 6.45) is 1.46. The molecule has 0 aliphatic rings. The predicted molar refractivity (Wildman–Crippen MR) is 49.4 cm³/mol. The molecule has 0 bridgehead atoms. The van der Waals surface area contributed by atoms with Gasteiger partial charge in [-0.05, 0) is 6.07 Å².